The highest BCUT2D eigenvalue weighted by atomic mass is 32.1. The second kappa shape index (κ2) is 6.68. The SMILES string of the molecule is CC(=O)c1cccc(-c2cnc3sc(NCc4ccc(F)cc4)nn23)c1. The van der Waals surface area contributed by atoms with Crippen LogP contribution in [0, 0.1) is 5.82 Å². The minimum Gasteiger partial charge on any atom is -0.356 e. The van der Waals surface area contributed by atoms with E-state index >= 15 is 0 Å². The first kappa shape index (κ1) is 16.4. The van der Waals surface area contributed by atoms with Crippen LogP contribution in [0.5, 0.6) is 0 Å². The van der Waals surface area contributed by atoms with Crippen LogP contribution in [0.25, 0.3) is 16.2 Å². The summed E-state index contributed by atoms with van der Waals surface area (Å²) in [4.78, 5) is 16.8. The van der Waals surface area contributed by atoms with E-state index in [1.807, 2.05) is 18.2 Å². The molecule has 2 aromatic carbocycles. The molecule has 5 nitrogen and oxygen atoms in total. The molecule has 2 aromatic heterocycles. The number of Topliss-reactive ketones (excluding diaryl/α,β-unsaturated/α-hetero) is 1. The van der Waals surface area contributed by atoms with Gasteiger partial charge in [0.25, 0.3) is 0 Å². The van der Waals surface area contributed by atoms with Gasteiger partial charge in [-0.25, -0.2) is 13.9 Å². The van der Waals surface area contributed by atoms with Gasteiger partial charge in [0.1, 0.15) is 5.82 Å². The number of aromatic nitrogens is 3. The molecule has 130 valence electrons. The Labute approximate surface area is 153 Å². The van der Waals surface area contributed by atoms with Crippen molar-refractivity contribution in [1.82, 2.24) is 14.6 Å². The van der Waals surface area contributed by atoms with Crippen LogP contribution in [0.4, 0.5) is 9.52 Å². The predicted molar refractivity (Wildman–Crippen MR) is 100 cm³/mol. The molecule has 7 heteroatoms. The highest BCUT2D eigenvalue weighted by molar-refractivity contribution is 7.20. The molecule has 0 aliphatic carbocycles. The number of halogens is 1. The number of fused-ring (bicyclic) bond motifs is 1. The maximum absolute atomic E-state index is 13.0. The molecule has 2 heterocycles. The van der Waals surface area contributed by atoms with Crippen LogP contribution in [0.2, 0.25) is 0 Å². The molecule has 4 rings (SSSR count). The highest BCUT2D eigenvalue weighted by Crippen LogP contribution is 2.27. The van der Waals surface area contributed by atoms with Gasteiger partial charge in [-0.2, -0.15) is 0 Å². The van der Waals surface area contributed by atoms with E-state index < -0.39 is 0 Å². The molecule has 0 aliphatic heterocycles. The van der Waals surface area contributed by atoms with Crippen molar-refractivity contribution in [2.75, 3.05) is 5.32 Å². The van der Waals surface area contributed by atoms with Crippen LogP contribution in [0.3, 0.4) is 0 Å². The summed E-state index contributed by atoms with van der Waals surface area (Å²) in [5, 5.41) is 8.52. The third-order valence-corrected chi connectivity index (χ3v) is 4.89. The lowest BCUT2D eigenvalue weighted by Gasteiger charge is -2.03. The standard InChI is InChI=1S/C19H15FN4OS/c1-12(25)14-3-2-4-15(9-14)17-11-22-19-24(17)23-18(26-19)21-10-13-5-7-16(20)8-6-13/h2-9,11H,10H2,1H3,(H,21,23). The fourth-order valence-corrected chi connectivity index (χ4v) is 3.41. The van der Waals surface area contributed by atoms with Crippen molar-refractivity contribution in [3.05, 3.63) is 71.7 Å². The minimum atomic E-state index is -0.251. The Hall–Kier alpha value is -3.06. The van der Waals surface area contributed by atoms with Crippen LogP contribution in [0.1, 0.15) is 22.8 Å². The minimum absolute atomic E-state index is 0.0209. The fourth-order valence-electron chi connectivity index (χ4n) is 2.64. The summed E-state index contributed by atoms with van der Waals surface area (Å²) < 4.78 is 14.7. The third-order valence-electron chi connectivity index (χ3n) is 4.01. The van der Waals surface area contributed by atoms with Crippen molar-refractivity contribution in [3.8, 4) is 11.3 Å². The number of carbonyl (C=O) groups is 1. The Morgan fingerprint density at radius 3 is 2.81 bits per heavy atom. The highest BCUT2D eigenvalue weighted by Gasteiger charge is 2.12. The maximum Gasteiger partial charge on any atom is 0.214 e. The number of nitrogens with one attached hydrogen (secondary N) is 1. The van der Waals surface area contributed by atoms with Crippen LogP contribution in [-0.4, -0.2) is 20.4 Å². The van der Waals surface area contributed by atoms with E-state index in [1.165, 1.54) is 23.5 Å². The Balaban J connectivity index is 1.60. The second-order valence-electron chi connectivity index (χ2n) is 5.86. The monoisotopic (exact) mass is 366 g/mol. The molecule has 0 saturated carbocycles. The zero-order valence-corrected chi connectivity index (χ0v) is 14.8. The predicted octanol–water partition coefficient (Wildman–Crippen LogP) is 4.41. The number of benzene rings is 2. The number of rotatable bonds is 5. The second-order valence-corrected chi connectivity index (χ2v) is 6.82. The van der Waals surface area contributed by atoms with E-state index in [2.05, 4.69) is 15.4 Å². The molecule has 0 radical (unpaired) electrons. The van der Waals surface area contributed by atoms with Crippen molar-refractivity contribution in [2.24, 2.45) is 0 Å². The van der Waals surface area contributed by atoms with Gasteiger partial charge in [-0.15, -0.1) is 5.10 Å². The van der Waals surface area contributed by atoms with Gasteiger partial charge in [0.2, 0.25) is 10.1 Å². The molecule has 0 saturated heterocycles. The molecule has 26 heavy (non-hydrogen) atoms. The Morgan fingerprint density at radius 1 is 1.23 bits per heavy atom. The lowest BCUT2D eigenvalue weighted by Crippen LogP contribution is -2.00. The number of imidazole rings is 1. The van der Waals surface area contributed by atoms with E-state index in [0.717, 1.165) is 26.9 Å². The van der Waals surface area contributed by atoms with E-state index in [4.69, 9.17) is 0 Å². The van der Waals surface area contributed by atoms with Crippen molar-refractivity contribution in [1.29, 1.82) is 0 Å². The van der Waals surface area contributed by atoms with Crippen LogP contribution in [-0.2, 0) is 6.54 Å². The summed E-state index contributed by atoms with van der Waals surface area (Å²) in [5.41, 5.74) is 3.34. The molecule has 1 N–H and O–H groups in total. The number of anilines is 1. The van der Waals surface area contributed by atoms with Gasteiger partial charge in [-0.1, -0.05) is 41.7 Å². The first-order valence-electron chi connectivity index (χ1n) is 8.04. The smallest absolute Gasteiger partial charge is 0.214 e. The van der Waals surface area contributed by atoms with Gasteiger partial charge in [-0.05, 0) is 30.7 Å². The number of ketones is 1. The quantitative estimate of drug-likeness (QED) is 0.532. The summed E-state index contributed by atoms with van der Waals surface area (Å²) >= 11 is 1.43. The fraction of sp³-hybridized carbons (Fsp3) is 0.105. The topological polar surface area (TPSA) is 59.3 Å². The molecule has 0 aliphatic rings. The lowest BCUT2D eigenvalue weighted by molar-refractivity contribution is 0.101. The molecular formula is C19H15FN4OS. The first-order valence-corrected chi connectivity index (χ1v) is 8.86. The van der Waals surface area contributed by atoms with Crippen molar-refractivity contribution in [3.63, 3.8) is 0 Å². The van der Waals surface area contributed by atoms with Gasteiger partial charge in [-0.3, -0.25) is 4.79 Å². The number of nitrogens with zero attached hydrogens (tertiary/aromatic N) is 3. The average Bonchev–Trinajstić information content (AvgIpc) is 3.21. The third kappa shape index (κ3) is 3.21. The summed E-state index contributed by atoms with van der Waals surface area (Å²) in [6, 6.07) is 13.8. The summed E-state index contributed by atoms with van der Waals surface area (Å²) in [6.07, 6.45) is 1.75. The molecule has 0 unspecified atom stereocenters. The normalized spacial score (nSPS) is 11.0. The van der Waals surface area contributed by atoms with Crippen LogP contribution in [0.15, 0.2) is 54.7 Å². The summed E-state index contributed by atoms with van der Waals surface area (Å²) in [7, 11) is 0. The molecule has 0 amide bonds. The maximum atomic E-state index is 13.0. The van der Waals surface area contributed by atoms with Gasteiger partial charge in [0.05, 0.1) is 11.9 Å². The van der Waals surface area contributed by atoms with Crippen molar-refractivity contribution < 1.29 is 9.18 Å². The van der Waals surface area contributed by atoms with Crippen molar-refractivity contribution in [2.45, 2.75) is 13.5 Å². The Morgan fingerprint density at radius 2 is 2.04 bits per heavy atom. The number of hydrogen-bond acceptors (Lipinski definition) is 5. The number of hydrogen-bond donors (Lipinski definition) is 1. The average molecular weight is 366 g/mol. The van der Waals surface area contributed by atoms with Gasteiger partial charge < -0.3 is 5.32 Å². The van der Waals surface area contributed by atoms with Crippen LogP contribution < -0.4 is 5.32 Å². The van der Waals surface area contributed by atoms with Gasteiger partial charge >= 0.3 is 0 Å². The summed E-state index contributed by atoms with van der Waals surface area (Å²) in [5.74, 6) is -0.230. The lowest BCUT2D eigenvalue weighted by atomic mass is 10.1. The zero-order chi connectivity index (χ0) is 18.1. The first-order chi connectivity index (χ1) is 12.6. The molecule has 0 atom stereocenters. The molecule has 4 aromatic rings. The number of carbonyl (C=O) groups excluding carboxylic acids is 1. The Kier molecular flexibility index (Phi) is 4.22. The molecular weight excluding hydrogens is 351 g/mol. The molecule has 0 bridgehead atoms. The van der Waals surface area contributed by atoms with Gasteiger partial charge in [0, 0.05) is 17.7 Å². The molecule has 0 fully saturated rings. The Bertz CT molecular complexity index is 1080. The van der Waals surface area contributed by atoms with Crippen molar-refractivity contribution >= 4 is 27.2 Å². The van der Waals surface area contributed by atoms with E-state index in [1.54, 1.807) is 35.8 Å². The largest absolute Gasteiger partial charge is 0.356 e. The van der Waals surface area contributed by atoms with E-state index in [0.29, 0.717) is 12.1 Å². The summed E-state index contributed by atoms with van der Waals surface area (Å²) in [6.45, 7) is 2.09. The zero-order valence-electron chi connectivity index (χ0n) is 13.9. The molecule has 0 spiro atoms. The van der Waals surface area contributed by atoms with Gasteiger partial charge in [0.15, 0.2) is 5.78 Å². The van der Waals surface area contributed by atoms with Crippen LogP contribution >= 0.6 is 11.3 Å². The van der Waals surface area contributed by atoms with E-state index in [9.17, 15) is 9.18 Å². The van der Waals surface area contributed by atoms with E-state index in [-0.39, 0.29) is 11.6 Å².